The number of esters is 4. The highest BCUT2D eigenvalue weighted by Gasteiger charge is 2.32. The minimum Gasteiger partial charge on any atom is -0.481 e. The van der Waals surface area contributed by atoms with Crippen LogP contribution in [0.2, 0.25) is 0 Å². The molecule has 0 amide bonds. The van der Waals surface area contributed by atoms with Gasteiger partial charge >= 0.3 is 51.0 Å². The minimum atomic E-state index is -3.95. The number of imidazole rings is 2. The number of hydrogen-bond acceptors (Lipinski definition) is 26. The number of nitrogen functional groups attached to an aromatic ring is 2. The zero-order chi connectivity index (χ0) is 62.0. The third kappa shape index (κ3) is 27.7. The van der Waals surface area contributed by atoms with Crippen LogP contribution in [0.25, 0.3) is 22.3 Å². The first-order valence-electron chi connectivity index (χ1n) is 26.0. The average molecular weight is 1210 g/mol. The van der Waals surface area contributed by atoms with Crippen molar-refractivity contribution in [3.05, 3.63) is 25.3 Å². The summed E-state index contributed by atoms with van der Waals surface area (Å²) in [5.74, 6) is -3.16. The molecule has 4 heterocycles. The largest absolute Gasteiger partial charge is 0.481 e. The van der Waals surface area contributed by atoms with E-state index in [0.717, 1.165) is 38.5 Å². The number of anilines is 2. The summed E-state index contributed by atoms with van der Waals surface area (Å²) in [6.45, 7) is 18.3. The molecule has 0 saturated heterocycles. The Balaban J connectivity index is 0.000000456. The van der Waals surface area contributed by atoms with Crippen molar-refractivity contribution in [1.82, 2.24) is 39.0 Å². The number of carbonyl (C=O) groups excluding carboxylic acids is 4. The average Bonchev–Trinajstić information content (AvgIpc) is 4.20. The van der Waals surface area contributed by atoms with Crippen LogP contribution in [0.5, 0.6) is 0 Å². The number of fused-ring (bicyclic) bond motifs is 2. The van der Waals surface area contributed by atoms with Crippen LogP contribution in [0.1, 0.15) is 134 Å². The maximum Gasteiger partial charge on any atom is 0.361 e. The molecule has 4 aromatic rings. The molecule has 0 bridgehead atoms. The summed E-state index contributed by atoms with van der Waals surface area (Å²) in [5, 5.41) is 16.7. The lowest BCUT2D eigenvalue weighted by Crippen LogP contribution is -2.25. The lowest BCUT2D eigenvalue weighted by molar-refractivity contribution is -0.164. The number of rotatable bonds is 31. The Morgan fingerprint density at radius 1 is 0.463 bits per heavy atom. The second-order valence-electron chi connectivity index (χ2n) is 22.2. The fraction of sp³-hybridized carbons (Fsp3) is 0.680. The van der Waals surface area contributed by atoms with Crippen LogP contribution in [-0.2, 0) is 97.5 Å². The van der Waals surface area contributed by atoms with Gasteiger partial charge in [-0.2, -0.15) is 0 Å². The van der Waals surface area contributed by atoms with E-state index in [2.05, 4.69) is 29.9 Å². The van der Waals surface area contributed by atoms with Crippen molar-refractivity contribution in [3.8, 4) is 0 Å². The Morgan fingerprint density at radius 3 is 1.01 bits per heavy atom. The molecule has 0 atom stereocenters. The van der Waals surface area contributed by atoms with Gasteiger partial charge in [0, 0.05) is 25.9 Å². The first-order chi connectivity index (χ1) is 38.1. The van der Waals surface area contributed by atoms with Gasteiger partial charge in [0.2, 0.25) is 27.2 Å². The third-order valence-electron chi connectivity index (χ3n) is 10.5. The van der Waals surface area contributed by atoms with E-state index in [1.807, 2.05) is 0 Å². The van der Waals surface area contributed by atoms with Crippen molar-refractivity contribution in [2.75, 3.05) is 64.5 Å². The van der Waals surface area contributed by atoms with Crippen molar-refractivity contribution in [3.63, 3.8) is 0 Å². The molecule has 4 rings (SSSR count). The molecule has 30 nitrogen and oxygen atoms in total. The quantitative estimate of drug-likeness (QED) is 0.0123. The van der Waals surface area contributed by atoms with Gasteiger partial charge in [-0.3, -0.25) is 56.0 Å². The third-order valence-corrected chi connectivity index (χ3v) is 13.5. The van der Waals surface area contributed by atoms with Crippen LogP contribution in [0, 0.1) is 21.7 Å². The molecule has 32 heteroatoms. The van der Waals surface area contributed by atoms with Crippen LogP contribution < -0.4 is 11.5 Å². The van der Waals surface area contributed by atoms with E-state index in [0.29, 0.717) is 35.4 Å². The maximum absolute atomic E-state index is 13.1. The van der Waals surface area contributed by atoms with Crippen LogP contribution in [0.15, 0.2) is 25.3 Å². The number of carboxylic acids is 2. The summed E-state index contributed by atoms with van der Waals surface area (Å²) in [6.07, 6.45) is 10.6. The van der Waals surface area contributed by atoms with E-state index in [-0.39, 0.29) is 37.7 Å². The molecule has 0 aliphatic rings. The fourth-order valence-corrected chi connectivity index (χ4v) is 7.80. The highest BCUT2D eigenvalue weighted by molar-refractivity contribution is 7.53. The molecule has 462 valence electrons. The number of carboxylic acid groups (broad SMARTS) is 2. The molecule has 4 aromatic heterocycles. The van der Waals surface area contributed by atoms with Crippen molar-refractivity contribution < 1.29 is 94.6 Å². The number of aromatic nitrogens is 8. The predicted octanol–water partition coefficient (Wildman–Crippen LogP) is 7.68. The Kier molecular flexibility index (Phi) is 29.6. The number of ether oxygens (including phenoxy) is 6. The zero-order valence-corrected chi connectivity index (χ0v) is 50.7. The molecular formula is C50H82N10O20P2. The number of nitrogens with zero attached hydrogens (tertiary/aromatic N) is 8. The van der Waals surface area contributed by atoms with Gasteiger partial charge in [0.15, 0.2) is 22.9 Å². The second kappa shape index (κ2) is 33.7. The number of hydrogen-bond donors (Lipinski definition) is 4. The molecule has 0 aliphatic heterocycles. The monoisotopic (exact) mass is 1200 g/mol. The molecule has 0 aliphatic carbocycles. The topological polar surface area (TPSA) is 409 Å². The van der Waals surface area contributed by atoms with Crippen LogP contribution in [0.3, 0.4) is 0 Å². The SMILES string of the molecule is CC(C)(C)C(=O)OCOP(=O)(COCCn1cnc2c(N)ncnc21)OCOC(=O)C(C)(C)C.CC(C)(C)C(=O)OCOP(=O)(COCCn1cnc2c(N)ncnc21)OCOC(=O)C(C)(C)C.O=C(O)CCCCCCCCC(=O)O. The molecule has 0 fully saturated rings. The van der Waals surface area contributed by atoms with Gasteiger partial charge < -0.3 is 59.2 Å². The maximum atomic E-state index is 13.1. The molecule has 0 radical (unpaired) electrons. The van der Waals surface area contributed by atoms with Crippen molar-refractivity contribution >= 4 is 85.0 Å². The fourth-order valence-electron chi connectivity index (χ4n) is 5.79. The van der Waals surface area contributed by atoms with E-state index in [9.17, 15) is 37.9 Å². The van der Waals surface area contributed by atoms with Crippen molar-refractivity contribution in [2.24, 2.45) is 21.7 Å². The molecule has 0 saturated carbocycles. The predicted molar refractivity (Wildman–Crippen MR) is 295 cm³/mol. The zero-order valence-electron chi connectivity index (χ0n) is 48.9. The molecule has 0 unspecified atom stereocenters. The van der Waals surface area contributed by atoms with Crippen LogP contribution >= 0.6 is 15.2 Å². The summed E-state index contributed by atoms with van der Waals surface area (Å²) in [7, 11) is -7.89. The van der Waals surface area contributed by atoms with Gasteiger partial charge in [0.25, 0.3) is 0 Å². The van der Waals surface area contributed by atoms with Gasteiger partial charge in [-0.05, 0) is 95.9 Å². The molecule has 6 N–H and O–H groups in total. The van der Waals surface area contributed by atoms with Gasteiger partial charge in [0.05, 0.1) is 47.5 Å². The lowest BCUT2D eigenvalue weighted by Gasteiger charge is -2.22. The summed E-state index contributed by atoms with van der Waals surface area (Å²) in [5.41, 5.74) is 10.4. The first kappa shape index (κ1) is 71.8. The van der Waals surface area contributed by atoms with Gasteiger partial charge in [-0.1, -0.05) is 25.7 Å². The van der Waals surface area contributed by atoms with Gasteiger partial charge in [-0.15, -0.1) is 0 Å². The number of aliphatic carboxylic acids is 2. The Morgan fingerprint density at radius 2 is 0.744 bits per heavy atom. The smallest absolute Gasteiger partial charge is 0.361 e. The molecule has 0 spiro atoms. The highest BCUT2D eigenvalue weighted by Crippen LogP contribution is 2.49. The normalized spacial score (nSPS) is 12.2. The van der Waals surface area contributed by atoms with E-state index < -0.39 is 113 Å². The Hall–Kier alpha value is -6.26. The van der Waals surface area contributed by atoms with E-state index >= 15 is 0 Å². The van der Waals surface area contributed by atoms with Gasteiger partial charge in [0.1, 0.15) is 36.4 Å². The van der Waals surface area contributed by atoms with E-state index in [4.69, 9.17) is 68.2 Å². The van der Waals surface area contributed by atoms with E-state index in [1.54, 1.807) is 92.2 Å². The van der Waals surface area contributed by atoms with Crippen LogP contribution in [0.4, 0.5) is 11.6 Å². The Bertz CT molecular complexity index is 2530. The molecule has 82 heavy (non-hydrogen) atoms. The molecule has 0 aromatic carbocycles. The minimum absolute atomic E-state index is 0.0929. The van der Waals surface area contributed by atoms with Crippen molar-refractivity contribution in [1.29, 1.82) is 0 Å². The number of nitrogens with two attached hydrogens (primary N) is 2. The number of unbranched alkanes of at least 4 members (excludes halogenated alkanes) is 5. The second-order valence-corrected chi connectivity index (χ2v) is 26.2. The lowest BCUT2D eigenvalue weighted by atomic mass is 9.98. The summed E-state index contributed by atoms with van der Waals surface area (Å²) in [4.78, 5) is 92.3. The van der Waals surface area contributed by atoms with Crippen molar-refractivity contribution in [2.45, 2.75) is 148 Å². The number of carbonyl (C=O) groups is 6. The Labute approximate surface area is 476 Å². The van der Waals surface area contributed by atoms with Gasteiger partial charge in [-0.25, -0.2) is 29.9 Å². The summed E-state index contributed by atoms with van der Waals surface area (Å²) < 4.78 is 81.3. The van der Waals surface area contributed by atoms with Crippen LogP contribution in [-0.4, -0.2) is 138 Å². The summed E-state index contributed by atoms with van der Waals surface area (Å²) in [6, 6.07) is 0. The standard InChI is InChI=1S/2C20H32N5O8P.C10H18O4/c2*1-19(2,3)17(26)30-11-32-34(28,33-12-31-18(27)20(4,5)6)13-29-8-7-25-10-24-14-15(21)22-9-23-16(14)25;11-9(12)7-5-3-1-2-4-6-8-10(13)14/h2*9-10H,7-8,11-13H2,1-6H3,(H2,21,22,23);1-8H2,(H,11,12)(H,13,14). The molecular weight excluding hydrogens is 1120 g/mol. The highest BCUT2D eigenvalue weighted by atomic mass is 31.2. The van der Waals surface area contributed by atoms with E-state index in [1.165, 1.54) is 25.3 Å². The summed E-state index contributed by atoms with van der Waals surface area (Å²) >= 11 is 0. The first-order valence-corrected chi connectivity index (χ1v) is 29.4.